The SMILES string of the molecule is CC(=O)CCNC(=O)c1ccc(-n2cccc2)cc1. The number of amides is 1. The predicted octanol–water partition coefficient (Wildman–Crippen LogP) is 2.19. The first-order chi connectivity index (χ1) is 9.16. The van der Waals surface area contributed by atoms with Crippen molar-refractivity contribution < 1.29 is 9.59 Å². The van der Waals surface area contributed by atoms with Crippen molar-refractivity contribution in [3.8, 4) is 5.69 Å². The highest BCUT2D eigenvalue weighted by Crippen LogP contribution is 2.09. The number of aromatic nitrogens is 1. The van der Waals surface area contributed by atoms with E-state index in [1.807, 2.05) is 41.2 Å². The van der Waals surface area contributed by atoms with Crippen LogP contribution in [0.4, 0.5) is 0 Å². The van der Waals surface area contributed by atoms with Crippen LogP contribution in [-0.4, -0.2) is 22.8 Å². The summed E-state index contributed by atoms with van der Waals surface area (Å²) in [6.45, 7) is 1.89. The van der Waals surface area contributed by atoms with Crippen LogP contribution < -0.4 is 5.32 Å². The second-order valence-electron chi connectivity index (χ2n) is 4.35. The van der Waals surface area contributed by atoms with Crippen LogP contribution in [0.1, 0.15) is 23.7 Å². The Morgan fingerprint density at radius 1 is 1.11 bits per heavy atom. The second kappa shape index (κ2) is 6.00. The highest BCUT2D eigenvalue weighted by atomic mass is 16.1. The van der Waals surface area contributed by atoms with E-state index < -0.39 is 0 Å². The molecule has 0 unspecified atom stereocenters. The minimum atomic E-state index is -0.152. The zero-order valence-electron chi connectivity index (χ0n) is 10.8. The number of ketones is 1. The zero-order chi connectivity index (χ0) is 13.7. The van der Waals surface area contributed by atoms with E-state index in [1.165, 1.54) is 6.92 Å². The molecule has 4 nitrogen and oxygen atoms in total. The predicted molar refractivity (Wildman–Crippen MR) is 73.4 cm³/mol. The molecule has 0 aliphatic carbocycles. The number of benzene rings is 1. The van der Waals surface area contributed by atoms with Gasteiger partial charge >= 0.3 is 0 Å². The zero-order valence-corrected chi connectivity index (χ0v) is 10.8. The van der Waals surface area contributed by atoms with Gasteiger partial charge in [-0.1, -0.05) is 0 Å². The van der Waals surface area contributed by atoms with Crippen LogP contribution in [0.3, 0.4) is 0 Å². The summed E-state index contributed by atoms with van der Waals surface area (Å²) in [5.41, 5.74) is 1.60. The Bertz CT molecular complexity index is 556. The lowest BCUT2D eigenvalue weighted by Gasteiger charge is -2.06. The van der Waals surface area contributed by atoms with E-state index >= 15 is 0 Å². The molecular formula is C15H16N2O2. The van der Waals surface area contributed by atoms with Gasteiger partial charge in [-0.3, -0.25) is 9.59 Å². The molecule has 0 atom stereocenters. The maximum atomic E-state index is 11.8. The molecular weight excluding hydrogens is 240 g/mol. The first-order valence-corrected chi connectivity index (χ1v) is 6.18. The molecule has 0 fully saturated rings. The Labute approximate surface area is 112 Å². The number of carbonyl (C=O) groups is 2. The van der Waals surface area contributed by atoms with E-state index in [1.54, 1.807) is 12.1 Å². The van der Waals surface area contributed by atoms with Crippen molar-refractivity contribution in [2.24, 2.45) is 0 Å². The summed E-state index contributed by atoms with van der Waals surface area (Å²) < 4.78 is 1.97. The van der Waals surface area contributed by atoms with Crippen molar-refractivity contribution in [3.63, 3.8) is 0 Å². The minimum absolute atomic E-state index is 0.0725. The number of hydrogen-bond donors (Lipinski definition) is 1. The largest absolute Gasteiger partial charge is 0.352 e. The summed E-state index contributed by atoms with van der Waals surface area (Å²) in [4.78, 5) is 22.6. The van der Waals surface area contributed by atoms with Gasteiger partial charge in [0, 0.05) is 36.6 Å². The highest BCUT2D eigenvalue weighted by Gasteiger charge is 2.05. The molecule has 19 heavy (non-hydrogen) atoms. The second-order valence-corrected chi connectivity index (χ2v) is 4.35. The Morgan fingerprint density at radius 2 is 1.74 bits per heavy atom. The number of nitrogens with one attached hydrogen (secondary N) is 1. The molecule has 1 aromatic heterocycles. The van der Waals surface area contributed by atoms with Gasteiger partial charge in [0.1, 0.15) is 5.78 Å². The molecule has 0 radical (unpaired) electrons. The van der Waals surface area contributed by atoms with Gasteiger partial charge in [0.15, 0.2) is 0 Å². The number of rotatable bonds is 5. The maximum Gasteiger partial charge on any atom is 0.251 e. The van der Waals surface area contributed by atoms with Gasteiger partial charge in [-0.05, 0) is 43.3 Å². The molecule has 0 spiro atoms. The average molecular weight is 256 g/mol. The lowest BCUT2D eigenvalue weighted by Crippen LogP contribution is -2.25. The monoisotopic (exact) mass is 256 g/mol. The fourth-order valence-electron chi connectivity index (χ4n) is 1.75. The Kier molecular flexibility index (Phi) is 4.13. The molecule has 2 aromatic rings. The van der Waals surface area contributed by atoms with Gasteiger partial charge in [-0.15, -0.1) is 0 Å². The van der Waals surface area contributed by atoms with E-state index in [2.05, 4.69) is 5.32 Å². The molecule has 1 heterocycles. The van der Waals surface area contributed by atoms with E-state index in [0.717, 1.165) is 5.69 Å². The molecule has 0 saturated heterocycles. The van der Waals surface area contributed by atoms with Crippen molar-refractivity contribution in [1.82, 2.24) is 9.88 Å². The number of nitrogens with zero attached hydrogens (tertiary/aromatic N) is 1. The van der Waals surface area contributed by atoms with Crippen LogP contribution in [0.2, 0.25) is 0 Å². The smallest absolute Gasteiger partial charge is 0.251 e. The third kappa shape index (κ3) is 3.55. The summed E-state index contributed by atoms with van der Waals surface area (Å²) >= 11 is 0. The molecule has 0 aliphatic rings. The van der Waals surface area contributed by atoms with E-state index in [9.17, 15) is 9.59 Å². The van der Waals surface area contributed by atoms with Gasteiger partial charge in [0.2, 0.25) is 0 Å². The first-order valence-electron chi connectivity index (χ1n) is 6.18. The summed E-state index contributed by atoms with van der Waals surface area (Å²) in [5.74, 6) is -0.0800. The summed E-state index contributed by atoms with van der Waals surface area (Å²) in [6, 6.07) is 11.2. The van der Waals surface area contributed by atoms with Gasteiger partial charge in [-0.25, -0.2) is 0 Å². The van der Waals surface area contributed by atoms with Crippen LogP contribution in [0.15, 0.2) is 48.8 Å². The Morgan fingerprint density at radius 3 is 2.32 bits per heavy atom. The van der Waals surface area contributed by atoms with Gasteiger partial charge < -0.3 is 9.88 Å². The molecule has 98 valence electrons. The van der Waals surface area contributed by atoms with E-state index in [4.69, 9.17) is 0 Å². The summed E-state index contributed by atoms with van der Waals surface area (Å²) in [7, 11) is 0. The third-order valence-corrected chi connectivity index (χ3v) is 2.79. The van der Waals surface area contributed by atoms with Gasteiger partial charge in [-0.2, -0.15) is 0 Å². The fraction of sp³-hybridized carbons (Fsp3) is 0.200. The number of carbonyl (C=O) groups excluding carboxylic acids is 2. The van der Waals surface area contributed by atoms with Crippen LogP contribution in [0, 0.1) is 0 Å². The minimum Gasteiger partial charge on any atom is -0.352 e. The van der Waals surface area contributed by atoms with Crippen molar-refractivity contribution in [1.29, 1.82) is 0 Å². The quantitative estimate of drug-likeness (QED) is 0.891. The highest BCUT2D eigenvalue weighted by molar-refractivity contribution is 5.94. The van der Waals surface area contributed by atoms with Crippen LogP contribution in [-0.2, 0) is 4.79 Å². The molecule has 0 bridgehead atoms. The normalized spacial score (nSPS) is 10.2. The average Bonchev–Trinajstić information content (AvgIpc) is 2.92. The van der Waals surface area contributed by atoms with Gasteiger partial charge in [0.25, 0.3) is 5.91 Å². The first kappa shape index (κ1) is 13.1. The number of Topliss-reactive ketones (excluding diaryl/α,β-unsaturated/α-hetero) is 1. The third-order valence-electron chi connectivity index (χ3n) is 2.79. The lowest BCUT2D eigenvalue weighted by atomic mass is 10.2. The van der Waals surface area contributed by atoms with Crippen LogP contribution in [0.5, 0.6) is 0 Å². The molecule has 2 rings (SSSR count). The molecule has 1 aromatic carbocycles. The van der Waals surface area contributed by atoms with Crippen molar-refractivity contribution in [2.75, 3.05) is 6.54 Å². The Balaban J connectivity index is 1.98. The summed E-state index contributed by atoms with van der Waals surface area (Å²) in [5, 5.41) is 2.72. The fourth-order valence-corrected chi connectivity index (χ4v) is 1.75. The standard InChI is InChI=1S/C15H16N2O2/c1-12(18)8-9-16-15(19)13-4-6-14(7-5-13)17-10-2-3-11-17/h2-7,10-11H,8-9H2,1H3,(H,16,19). The van der Waals surface area contributed by atoms with Crippen molar-refractivity contribution in [2.45, 2.75) is 13.3 Å². The molecule has 1 N–H and O–H groups in total. The maximum absolute atomic E-state index is 11.8. The van der Waals surface area contributed by atoms with Gasteiger partial charge in [0.05, 0.1) is 0 Å². The lowest BCUT2D eigenvalue weighted by molar-refractivity contribution is -0.116. The van der Waals surface area contributed by atoms with E-state index in [0.29, 0.717) is 18.5 Å². The van der Waals surface area contributed by atoms with Crippen molar-refractivity contribution in [3.05, 3.63) is 54.4 Å². The number of hydrogen-bond acceptors (Lipinski definition) is 2. The molecule has 0 saturated carbocycles. The van der Waals surface area contributed by atoms with E-state index in [-0.39, 0.29) is 11.7 Å². The molecule has 0 aliphatic heterocycles. The molecule has 4 heteroatoms. The Hall–Kier alpha value is -2.36. The summed E-state index contributed by atoms with van der Waals surface area (Å²) in [6.07, 6.45) is 4.26. The van der Waals surface area contributed by atoms with Crippen LogP contribution >= 0.6 is 0 Å². The molecule has 1 amide bonds. The van der Waals surface area contributed by atoms with Crippen molar-refractivity contribution >= 4 is 11.7 Å². The topological polar surface area (TPSA) is 51.1 Å². The van der Waals surface area contributed by atoms with Crippen LogP contribution in [0.25, 0.3) is 5.69 Å².